The molecule has 0 aliphatic carbocycles. The molecule has 0 spiro atoms. The van der Waals surface area contributed by atoms with Gasteiger partial charge in [0.25, 0.3) is 0 Å². The third-order valence-electron chi connectivity index (χ3n) is 5.20. The first-order valence-electron chi connectivity index (χ1n) is 10.1. The molecule has 0 radical (unpaired) electrons. The molecule has 0 saturated carbocycles. The zero-order valence-electron chi connectivity index (χ0n) is 17.4. The number of hydrogen-bond acceptors (Lipinski definition) is 7. The van der Waals surface area contributed by atoms with E-state index in [1.54, 1.807) is 0 Å². The minimum Gasteiger partial charge on any atom is -0.475 e. The highest BCUT2D eigenvalue weighted by atomic mass is 19.4. The first-order chi connectivity index (χ1) is 14.1. The molecule has 2 saturated heterocycles. The standard InChI is InChI=1S/C17H30N2O4.C2HF3O2/c1-3-23-16(20)7-5-10-18-12-8-14(9-13-18)19-11-4-6-15(19)17(21)22-2;3-2(4,5)1(6)7/h14-15H,3-13H2,1-2H3;(H,6,7)/t15-;/m0./s1. The monoisotopic (exact) mass is 440 g/mol. The fraction of sp³-hybridized carbons (Fsp3) is 0.842. The maximum atomic E-state index is 11.9. The molecule has 0 aromatic rings. The number of alkyl halides is 3. The summed E-state index contributed by atoms with van der Waals surface area (Å²) >= 11 is 0. The lowest BCUT2D eigenvalue weighted by molar-refractivity contribution is -0.192. The van der Waals surface area contributed by atoms with E-state index in [2.05, 4.69) is 9.80 Å². The molecule has 2 aliphatic rings. The fourth-order valence-electron chi connectivity index (χ4n) is 3.77. The number of carbonyl (C=O) groups excluding carboxylic acids is 2. The number of ether oxygens (including phenoxy) is 2. The predicted octanol–water partition coefficient (Wildman–Crippen LogP) is 2.06. The maximum Gasteiger partial charge on any atom is 0.490 e. The molecule has 2 rings (SSSR count). The van der Waals surface area contributed by atoms with Crippen molar-refractivity contribution in [3.8, 4) is 0 Å². The number of carboxylic acid groups (broad SMARTS) is 1. The normalized spacial score (nSPS) is 20.9. The van der Waals surface area contributed by atoms with Crippen LogP contribution in [0.2, 0.25) is 0 Å². The Morgan fingerprint density at radius 3 is 2.20 bits per heavy atom. The molecule has 30 heavy (non-hydrogen) atoms. The molecule has 2 fully saturated rings. The van der Waals surface area contributed by atoms with Gasteiger partial charge in [-0.05, 0) is 65.2 Å². The fourth-order valence-corrected chi connectivity index (χ4v) is 3.77. The Balaban J connectivity index is 0.000000553. The highest BCUT2D eigenvalue weighted by Crippen LogP contribution is 2.26. The van der Waals surface area contributed by atoms with E-state index in [9.17, 15) is 22.8 Å². The van der Waals surface area contributed by atoms with Crippen molar-refractivity contribution in [1.29, 1.82) is 0 Å². The van der Waals surface area contributed by atoms with Gasteiger partial charge in [0.2, 0.25) is 0 Å². The van der Waals surface area contributed by atoms with Gasteiger partial charge in [0.1, 0.15) is 6.04 Å². The van der Waals surface area contributed by atoms with E-state index >= 15 is 0 Å². The number of halogens is 3. The van der Waals surface area contributed by atoms with Crippen LogP contribution in [-0.4, -0.2) is 91.0 Å². The quantitative estimate of drug-likeness (QED) is 0.601. The molecule has 11 heteroatoms. The Morgan fingerprint density at radius 2 is 1.70 bits per heavy atom. The van der Waals surface area contributed by atoms with Crippen LogP contribution in [0.3, 0.4) is 0 Å². The van der Waals surface area contributed by atoms with E-state index in [0.717, 1.165) is 58.3 Å². The molecule has 8 nitrogen and oxygen atoms in total. The van der Waals surface area contributed by atoms with Crippen molar-refractivity contribution in [1.82, 2.24) is 9.80 Å². The molecule has 0 aromatic heterocycles. The highest BCUT2D eigenvalue weighted by Gasteiger charge is 2.38. The largest absolute Gasteiger partial charge is 0.490 e. The SMILES string of the molecule is CCOC(=O)CCCN1CCC(N2CCC[C@H]2C(=O)OC)CC1.O=C(O)C(F)(F)F. The van der Waals surface area contributed by atoms with Crippen molar-refractivity contribution in [2.75, 3.05) is 39.9 Å². The molecule has 0 unspecified atom stereocenters. The van der Waals surface area contributed by atoms with Crippen LogP contribution in [0.5, 0.6) is 0 Å². The third-order valence-corrected chi connectivity index (χ3v) is 5.20. The van der Waals surface area contributed by atoms with Crippen molar-refractivity contribution in [3.63, 3.8) is 0 Å². The summed E-state index contributed by atoms with van der Waals surface area (Å²) in [4.78, 5) is 36.9. The number of piperidine rings is 1. The van der Waals surface area contributed by atoms with Gasteiger partial charge in [0, 0.05) is 12.5 Å². The number of carboxylic acids is 1. The number of rotatable bonds is 7. The number of likely N-dealkylation sites (tertiary alicyclic amines) is 2. The summed E-state index contributed by atoms with van der Waals surface area (Å²) in [5.41, 5.74) is 0. The molecule has 174 valence electrons. The van der Waals surface area contributed by atoms with Crippen LogP contribution >= 0.6 is 0 Å². The van der Waals surface area contributed by atoms with Gasteiger partial charge >= 0.3 is 24.1 Å². The first kappa shape index (κ1) is 26.2. The zero-order chi connectivity index (χ0) is 22.7. The van der Waals surface area contributed by atoms with Gasteiger partial charge in [0.05, 0.1) is 13.7 Å². The van der Waals surface area contributed by atoms with Crippen LogP contribution < -0.4 is 0 Å². The Labute approximate surface area is 174 Å². The summed E-state index contributed by atoms with van der Waals surface area (Å²) in [5, 5.41) is 7.12. The average molecular weight is 440 g/mol. The van der Waals surface area contributed by atoms with Crippen LogP contribution in [0.15, 0.2) is 0 Å². The van der Waals surface area contributed by atoms with E-state index in [1.807, 2.05) is 6.92 Å². The third kappa shape index (κ3) is 8.86. The van der Waals surface area contributed by atoms with Crippen LogP contribution in [0.1, 0.15) is 45.4 Å². The minimum absolute atomic E-state index is 0.0413. The Morgan fingerprint density at radius 1 is 1.10 bits per heavy atom. The molecular formula is C19H31F3N2O6. The Hall–Kier alpha value is -1.88. The molecule has 1 N–H and O–H groups in total. The lowest BCUT2D eigenvalue weighted by Crippen LogP contribution is -2.49. The van der Waals surface area contributed by atoms with Gasteiger partial charge in [0.15, 0.2) is 0 Å². The number of methoxy groups -OCH3 is 1. The summed E-state index contributed by atoms with van der Waals surface area (Å²) in [6, 6.07) is 0.447. The molecule has 0 aromatic carbocycles. The predicted molar refractivity (Wildman–Crippen MR) is 101 cm³/mol. The summed E-state index contributed by atoms with van der Waals surface area (Å²) in [7, 11) is 1.48. The molecule has 2 heterocycles. The van der Waals surface area contributed by atoms with E-state index in [1.165, 1.54) is 7.11 Å². The van der Waals surface area contributed by atoms with E-state index in [0.29, 0.717) is 19.1 Å². The minimum atomic E-state index is -5.08. The maximum absolute atomic E-state index is 11.9. The Bertz CT molecular complexity index is 565. The topological polar surface area (TPSA) is 96.4 Å². The first-order valence-corrected chi connectivity index (χ1v) is 10.1. The smallest absolute Gasteiger partial charge is 0.475 e. The second-order valence-electron chi connectivity index (χ2n) is 7.20. The summed E-state index contributed by atoms with van der Waals surface area (Å²) < 4.78 is 41.6. The van der Waals surface area contributed by atoms with Gasteiger partial charge in [-0.1, -0.05) is 0 Å². The van der Waals surface area contributed by atoms with E-state index < -0.39 is 12.1 Å². The van der Waals surface area contributed by atoms with Gasteiger partial charge < -0.3 is 19.5 Å². The molecule has 0 amide bonds. The Kier molecular flexibility index (Phi) is 11.1. The van der Waals surface area contributed by atoms with Crippen molar-refractivity contribution in [2.24, 2.45) is 0 Å². The van der Waals surface area contributed by atoms with Gasteiger partial charge in [-0.2, -0.15) is 13.2 Å². The lowest BCUT2D eigenvalue weighted by atomic mass is 10.0. The average Bonchev–Trinajstić information content (AvgIpc) is 3.18. The van der Waals surface area contributed by atoms with Crippen molar-refractivity contribution in [2.45, 2.75) is 63.7 Å². The summed E-state index contributed by atoms with van der Waals surface area (Å²) in [6.07, 6.45) is 0.466. The summed E-state index contributed by atoms with van der Waals surface area (Å²) in [5.74, 6) is -2.94. The van der Waals surface area contributed by atoms with Gasteiger partial charge in [-0.15, -0.1) is 0 Å². The van der Waals surface area contributed by atoms with Crippen molar-refractivity contribution < 1.29 is 42.1 Å². The van der Waals surface area contributed by atoms with Gasteiger partial charge in [-0.3, -0.25) is 14.5 Å². The van der Waals surface area contributed by atoms with Gasteiger partial charge in [-0.25, -0.2) is 4.79 Å². The van der Waals surface area contributed by atoms with Crippen LogP contribution in [-0.2, 0) is 23.9 Å². The van der Waals surface area contributed by atoms with E-state index in [-0.39, 0.29) is 18.0 Å². The van der Waals surface area contributed by atoms with Crippen molar-refractivity contribution >= 4 is 17.9 Å². The zero-order valence-corrected chi connectivity index (χ0v) is 17.4. The number of aliphatic carboxylic acids is 1. The number of carbonyl (C=O) groups is 3. The van der Waals surface area contributed by atoms with Crippen LogP contribution in [0.4, 0.5) is 13.2 Å². The van der Waals surface area contributed by atoms with Crippen molar-refractivity contribution in [3.05, 3.63) is 0 Å². The molecule has 1 atom stereocenters. The van der Waals surface area contributed by atoms with Crippen LogP contribution in [0, 0.1) is 0 Å². The number of hydrogen-bond donors (Lipinski definition) is 1. The molecule has 0 bridgehead atoms. The second kappa shape index (κ2) is 12.7. The molecular weight excluding hydrogens is 409 g/mol. The second-order valence-corrected chi connectivity index (χ2v) is 7.20. The number of nitrogens with zero attached hydrogens (tertiary/aromatic N) is 2. The summed E-state index contributed by atoms with van der Waals surface area (Å²) in [6.45, 7) is 6.33. The van der Waals surface area contributed by atoms with Crippen LogP contribution in [0.25, 0.3) is 0 Å². The molecule has 2 aliphatic heterocycles. The highest BCUT2D eigenvalue weighted by molar-refractivity contribution is 5.76. The number of esters is 2. The lowest BCUT2D eigenvalue weighted by Gasteiger charge is -2.38. The van der Waals surface area contributed by atoms with E-state index in [4.69, 9.17) is 19.4 Å².